The number of carbonyl (C=O) groups excluding carboxylic acids is 2. The summed E-state index contributed by atoms with van der Waals surface area (Å²) >= 11 is 2.30. The molecule has 188 valence electrons. The Bertz CT molecular complexity index is 1500. The van der Waals surface area contributed by atoms with Gasteiger partial charge in [0.15, 0.2) is 0 Å². The third-order valence-electron chi connectivity index (χ3n) is 6.40. The van der Waals surface area contributed by atoms with Crippen molar-refractivity contribution in [1.29, 1.82) is 0 Å². The van der Waals surface area contributed by atoms with Crippen molar-refractivity contribution in [3.63, 3.8) is 0 Å². The number of nitrogens with one attached hydrogen (secondary N) is 2. The summed E-state index contributed by atoms with van der Waals surface area (Å²) in [5.74, 6) is 0.212. The number of anilines is 1. The van der Waals surface area contributed by atoms with Crippen LogP contribution in [0.4, 0.5) is 10.6 Å². The van der Waals surface area contributed by atoms with Crippen LogP contribution in [0.15, 0.2) is 30.5 Å². The van der Waals surface area contributed by atoms with E-state index in [-0.39, 0.29) is 18.0 Å². The van der Waals surface area contributed by atoms with Crippen LogP contribution in [-0.2, 0) is 11.8 Å². The number of hydrogen-bond acceptors (Lipinski definition) is 5. The lowest BCUT2D eigenvalue weighted by atomic mass is 10.1. The molecule has 0 aliphatic carbocycles. The Labute approximate surface area is 222 Å². The fourth-order valence-corrected chi connectivity index (χ4v) is 5.67. The van der Waals surface area contributed by atoms with Crippen LogP contribution in [0.25, 0.3) is 21.8 Å². The molecule has 2 amide bonds. The van der Waals surface area contributed by atoms with Crippen LogP contribution in [0.1, 0.15) is 61.4 Å². The summed E-state index contributed by atoms with van der Waals surface area (Å²) in [5.41, 5.74) is 3.64. The number of aryl methyl sites for hydroxylation is 2. The second-order valence-corrected chi connectivity index (χ2v) is 11.3. The number of hydrogen-bond donors (Lipinski definition) is 2. The topological polar surface area (TPSA) is 105 Å². The molecule has 1 aliphatic rings. The van der Waals surface area contributed by atoms with Gasteiger partial charge in [-0.2, -0.15) is 5.10 Å². The highest BCUT2D eigenvalue weighted by atomic mass is 127. The normalized spacial score (nSPS) is 16.2. The Morgan fingerprint density at radius 3 is 2.75 bits per heavy atom. The SMILES string of the molecule is Cc1nn(C)c2cc(C(=O)Nc3cc4[nH]c(C5CCCN5C(=O)OC(C)(C)C)c(I)c4cn3)ccc12. The molecule has 9 nitrogen and oxygen atoms in total. The predicted octanol–water partition coefficient (Wildman–Crippen LogP) is 5.69. The largest absolute Gasteiger partial charge is 0.444 e. The molecule has 0 spiro atoms. The predicted molar refractivity (Wildman–Crippen MR) is 147 cm³/mol. The average Bonchev–Trinajstić information content (AvgIpc) is 3.49. The van der Waals surface area contributed by atoms with Gasteiger partial charge in [-0.25, -0.2) is 9.78 Å². The van der Waals surface area contributed by atoms with Crippen molar-refractivity contribution in [3.8, 4) is 0 Å². The zero-order valence-corrected chi connectivity index (χ0v) is 23.1. The number of rotatable bonds is 3. The second-order valence-electron chi connectivity index (χ2n) is 10.2. The molecule has 3 aromatic heterocycles. The van der Waals surface area contributed by atoms with E-state index < -0.39 is 5.60 Å². The van der Waals surface area contributed by atoms with Crippen LogP contribution >= 0.6 is 22.6 Å². The van der Waals surface area contributed by atoms with Gasteiger partial charge in [0, 0.05) is 45.8 Å². The first kappa shape index (κ1) is 24.5. The Hall–Kier alpha value is -3.15. The highest BCUT2D eigenvalue weighted by Crippen LogP contribution is 2.38. The molecule has 0 saturated carbocycles. The van der Waals surface area contributed by atoms with Crippen molar-refractivity contribution < 1.29 is 14.3 Å². The molecule has 36 heavy (non-hydrogen) atoms. The molecule has 1 aliphatic heterocycles. The molecule has 4 aromatic rings. The Balaban J connectivity index is 1.39. The smallest absolute Gasteiger partial charge is 0.410 e. The molecular formula is C26H29IN6O3. The molecule has 10 heteroatoms. The van der Waals surface area contributed by atoms with Crippen LogP contribution in [0.2, 0.25) is 0 Å². The molecule has 1 unspecified atom stereocenters. The van der Waals surface area contributed by atoms with Gasteiger partial charge in [-0.3, -0.25) is 14.4 Å². The summed E-state index contributed by atoms with van der Waals surface area (Å²) in [6, 6.07) is 7.29. The van der Waals surface area contributed by atoms with E-state index in [1.54, 1.807) is 21.8 Å². The number of pyridine rings is 1. The Kier molecular flexibility index (Phi) is 6.17. The van der Waals surface area contributed by atoms with E-state index in [9.17, 15) is 9.59 Å². The number of aromatic nitrogens is 4. The number of H-pyrrole nitrogens is 1. The maximum atomic E-state index is 13.0. The number of benzene rings is 1. The zero-order valence-electron chi connectivity index (χ0n) is 21.0. The van der Waals surface area contributed by atoms with E-state index in [0.717, 1.165) is 49.6 Å². The second kappa shape index (κ2) is 9.06. The van der Waals surface area contributed by atoms with E-state index >= 15 is 0 Å². The summed E-state index contributed by atoms with van der Waals surface area (Å²) in [4.78, 5) is 35.5. The molecule has 1 fully saturated rings. The van der Waals surface area contributed by atoms with Crippen molar-refractivity contribution >= 4 is 62.2 Å². The average molecular weight is 600 g/mol. The van der Waals surface area contributed by atoms with Gasteiger partial charge >= 0.3 is 6.09 Å². The minimum Gasteiger partial charge on any atom is -0.444 e. The number of carbonyl (C=O) groups is 2. The minimum absolute atomic E-state index is 0.0914. The first-order chi connectivity index (χ1) is 17.0. The Morgan fingerprint density at radius 2 is 2.00 bits per heavy atom. The summed E-state index contributed by atoms with van der Waals surface area (Å²) < 4.78 is 8.43. The van der Waals surface area contributed by atoms with Gasteiger partial charge in [0.25, 0.3) is 5.91 Å². The number of ether oxygens (including phenoxy) is 1. The lowest BCUT2D eigenvalue weighted by Gasteiger charge is -2.28. The van der Waals surface area contributed by atoms with Gasteiger partial charge in [-0.1, -0.05) is 6.07 Å². The highest BCUT2D eigenvalue weighted by Gasteiger charge is 2.35. The number of amides is 2. The summed E-state index contributed by atoms with van der Waals surface area (Å²) in [6.07, 6.45) is 3.23. The lowest BCUT2D eigenvalue weighted by Crippen LogP contribution is -2.36. The molecule has 0 radical (unpaired) electrons. The molecule has 0 bridgehead atoms. The van der Waals surface area contributed by atoms with E-state index in [1.807, 2.05) is 52.9 Å². The lowest BCUT2D eigenvalue weighted by molar-refractivity contribution is 0.0221. The van der Waals surface area contributed by atoms with Crippen LogP contribution in [0.5, 0.6) is 0 Å². The number of nitrogens with zero attached hydrogens (tertiary/aromatic N) is 4. The third kappa shape index (κ3) is 4.54. The quantitative estimate of drug-likeness (QED) is 0.294. The maximum absolute atomic E-state index is 13.0. The Morgan fingerprint density at radius 1 is 1.22 bits per heavy atom. The van der Waals surface area contributed by atoms with E-state index in [2.05, 4.69) is 43.0 Å². The molecule has 1 saturated heterocycles. The summed E-state index contributed by atoms with van der Waals surface area (Å²) in [7, 11) is 1.87. The van der Waals surface area contributed by atoms with Gasteiger partial charge in [-0.05, 0) is 75.3 Å². The molecule has 1 aromatic carbocycles. The van der Waals surface area contributed by atoms with Crippen LogP contribution < -0.4 is 5.32 Å². The van der Waals surface area contributed by atoms with E-state index in [1.165, 1.54) is 0 Å². The third-order valence-corrected chi connectivity index (χ3v) is 7.56. The van der Waals surface area contributed by atoms with Crippen molar-refractivity contribution in [1.82, 2.24) is 24.6 Å². The van der Waals surface area contributed by atoms with Crippen LogP contribution in [0.3, 0.4) is 0 Å². The maximum Gasteiger partial charge on any atom is 0.410 e. The van der Waals surface area contributed by atoms with Crippen molar-refractivity contribution in [3.05, 3.63) is 51.0 Å². The van der Waals surface area contributed by atoms with E-state index in [4.69, 9.17) is 4.74 Å². The number of likely N-dealkylation sites (tertiary alicyclic amines) is 1. The molecule has 5 rings (SSSR count). The standard InChI is InChI=1S/C26H29IN6O3/c1-14-16-9-8-15(11-20(16)32(5)31-14)24(34)30-21-12-18-17(13-28-21)22(27)23(29-18)19-7-6-10-33(19)25(35)36-26(2,3)4/h8-9,11-13,19,29H,6-7,10H2,1-5H3,(H,28,30,34). The van der Waals surface area contributed by atoms with Gasteiger partial charge in [0.1, 0.15) is 11.4 Å². The zero-order chi connectivity index (χ0) is 25.8. The first-order valence-electron chi connectivity index (χ1n) is 11.9. The van der Waals surface area contributed by atoms with Gasteiger partial charge in [0.2, 0.25) is 0 Å². The highest BCUT2D eigenvalue weighted by molar-refractivity contribution is 14.1. The molecule has 4 heterocycles. The van der Waals surface area contributed by atoms with Gasteiger partial charge < -0.3 is 15.0 Å². The number of aromatic amines is 1. The monoisotopic (exact) mass is 600 g/mol. The molecular weight excluding hydrogens is 571 g/mol. The summed E-state index contributed by atoms with van der Waals surface area (Å²) in [6.45, 7) is 8.23. The van der Waals surface area contributed by atoms with Crippen LogP contribution in [0, 0.1) is 10.5 Å². The van der Waals surface area contributed by atoms with Crippen LogP contribution in [-0.4, -0.2) is 48.8 Å². The molecule has 1 atom stereocenters. The van der Waals surface area contributed by atoms with Gasteiger partial charge in [0.05, 0.1) is 28.5 Å². The first-order valence-corrected chi connectivity index (χ1v) is 13.0. The fourth-order valence-electron chi connectivity index (χ4n) is 4.75. The van der Waals surface area contributed by atoms with E-state index in [0.29, 0.717) is 17.9 Å². The van der Waals surface area contributed by atoms with Crippen molar-refractivity contribution in [2.75, 3.05) is 11.9 Å². The molecule has 2 N–H and O–H groups in total. The number of halogens is 1. The van der Waals surface area contributed by atoms with Crippen molar-refractivity contribution in [2.24, 2.45) is 7.05 Å². The fraction of sp³-hybridized carbons (Fsp3) is 0.385. The summed E-state index contributed by atoms with van der Waals surface area (Å²) in [5, 5.41) is 9.30. The minimum atomic E-state index is -0.547. The van der Waals surface area contributed by atoms with Crippen molar-refractivity contribution in [2.45, 2.75) is 52.2 Å². The number of fused-ring (bicyclic) bond motifs is 2. The van der Waals surface area contributed by atoms with Gasteiger partial charge in [-0.15, -0.1) is 0 Å².